The first-order chi connectivity index (χ1) is 11.5. The molecule has 3 rings (SSSR count). The number of rotatable bonds is 4. The fraction of sp³-hybridized carbons (Fsp3) is 0.938. The standard InChI is InChI=1S/C16H28N2O5S/c1-2-12-24(20,21)18-7-3-4-14(13-18)15(19)17-8-5-16(6-9-17)22-10-11-23-16/h14H,2-13H2,1H3/t14-/m1/s1. The van der Waals surface area contributed by atoms with Gasteiger partial charge in [0.1, 0.15) is 0 Å². The van der Waals surface area contributed by atoms with Crippen LogP contribution in [-0.4, -0.2) is 74.5 Å². The van der Waals surface area contributed by atoms with E-state index in [0.717, 1.165) is 12.8 Å². The molecule has 0 aliphatic carbocycles. The number of ether oxygens (including phenoxy) is 2. The van der Waals surface area contributed by atoms with Crippen LogP contribution < -0.4 is 0 Å². The molecule has 138 valence electrons. The summed E-state index contributed by atoms with van der Waals surface area (Å²) in [5, 5.41) is 0. The van der Waals surface area contributed by atoms with Gasteiger partial charge >= 0.3 is 0 Å². The number of carbonyl (C=O) groups is 1. The molecule has 24 heavy (non-hydrogen) atoms. The van der Waals surface area contributed by atoms with Crippen molar-refractivity contribution in [3.63, 3.8) is 0 Å². The van der Waals surface area contributed by atoms with E-state index in [-0.39, 0.29) is 17.6 Å². The number of amides is 1. The molecule has 3 saturated heterocycles. The van der Waals surface area contributed by atoms with Gasteiger partial charge < -0.3 is 14.4 Å². The number of likely N-dealkylation sites (tertiary alicyclic amines) is 1. The third-order valence-electron chi connectivity index (χ3n) is 5.24. The van der Waals surface area contributed by atoms with Gasteiger partial charge in [-0.25, -0.2) is 12.7 Å². The Balaban J connectivity index is 1.57. The zero-order valence-electron chi connectivity index (χ0n) is 14.4. The van der Waals surface area contributed by atoms with Crippen LogP contribution in [0.15, 0.2) is 0 Å². The van der Waals surface area contributed by atoms with Crippen LogP contribution in [0.5, 0.6) is 0 Å². The van der Waals surface area contributed by atoms with Crippen molar-refractivity contribution >= 4 is 15.9 Å². The highest BCUT2D eigenvalue weighted by Crippen LogP contribution is 2.32. The first-order valence-corrected chi connectivity index (χ1v) is 10.6. The van der Waals surface area contributed by atoms with E-state index in [1.807, 2.05) is 11.8 Å². The van der Waals surface area contributed by atoms with E-state index < -0.39 is 15.8 Å². The molecule has 3 fully saturated rings. The number of sulfonamides is 1. The molecule has 0 aromatic carbocycles. The molecule has 1 spiro atoms. The van der Waals surface area contributed by atoms with Crippen molar-refractivity contribution < 1.29 is 22.7 Å². The molecule has 0 aromatic heterocycles. The summed E-state index contributed by atoms with van der Waals surface area (Å²) in [6.07, 6.45) is 3.52. The van der Waals surface area contributed by atoms with E-state index in [4.69, 9.17) is 9.47 Å². The second-order valence-corrected chi connectivity index (χ2v) is 9.03. The summed E-state index contributed by atoms with van der Waals surface area (Å²) < 4.78 is 37.4. The van der Waals surface area contributed by atoms with Gasteiger partial charge in [0.05, 0.1) is 24.9 Å². The van der Waals surface area contributed by atoms with Crippen molar-refractivity contribution in [3.8, 4) is 0 Å². The van der Waals surface area contributed by atoms with E-state index in [1.54, 1.807) is 0 Å². The lowest BCUT2D eigenvalue weighted by molar-refractivity contribution is -0.188. The SMILES string of the molecule is CCCS(=O)(=O)N1CCC[C@@H](C(=O)N2CCC3(CC2)OCCO3)C1. The van der Waals surface area contributed by atoms with Gasteiger partial charge in [-0.1, -0.05) is 6.92 Å². The predicted octanol–water partition coefficient (Wildman–Crippen LogP) is 0.804. The van der Waals surface area contributed by atoms with Crippen molar-refractivity contribution in [2.75, 3.05) is 45.1 Å². The molecule has 3 heterocycles. The van der Waals surface area contributed by atoms with E-state index in [9.17, 15) is 13.2 Å². The van der Waals surface area contributed by atoms with Gasteiger partial charge in [0.25, 0.3) is 0 Å². The Kier molecular flexibility index (Phi) is 5.48. The highest BCUT2D eigenvalue weighted by molar-refractivity contribution is 7.89. The van der Waals surface area contributed by atoms with Gasteiger partial charge in [-0.15, -0.1) is 0 Å². The Morgan fingerprint density at radius 2 is 1.83 bits per heavy atom. The maximum Gasteiger partial charge on any atom is 0.227 e. The number of piperidine rings is 2. The molecule has 3 aliphatic rings. The van der Waals surface area contributed by atoms with Crippen LogP contribution in [0, 0.1) is 5.92 Å². The maximum absolute atomic E-state index is 12.8. The number of hydrogen-bond donors (Lipinski definition) is 0. The lowest BCUT2D eigenvalue weighted by Gasteiger charge is -2.40. The van der Waals surface area contributed by atoms with Gasteiger partial charge in [0.2, 0.25) is 15.9 Å². The zero-order valence-corrected chi connectivity index (χ0v) is 15.2. The minimum atomic E-state index is -3.23. The maximum atomic E-state index is 12.8. The summed E-state index contributed by atoms with van der Waals surface area (Å²) in [5.41, 5.74) is 0. The summed E-state index contributed by atoms with van der Waals surface area (Å²) in [6.45, 7) is 5.23. The molecule has 0 saturated carbocycles. The number of hydrogen-bond acceptors (Lipinski definition) is 5. The minimum Gasteiger partial charge on any atom is -0.347 e. The van der Waals surface area contributed by atoms with Crippen molar-refractivity contribution in [2.45, 2.75) is 44.8 Å². The van der Waals surface area contributed by atoms with Gasteiger partial charge in [-0.3, -0.25) is 4.79 Å². The molecule has 0 bridgehead atoms. The number of nitrogens with zero attached hydrogens (tertiary/aromatic N) is 2. The molecule has 8 heteroatoms. The van der Waals surface area contributed by atoms with Crippen LogP contribution in [0.2, 0.25) is 0 Å². The Labute approximate surface area is 144 Å². The van der Waals surface area contributed by atoms with Crippen molar-refractivity contribution in [2.24, 2.45) is 5.92 Å². The Hall–Kier alpha value is -0.700. The van der Waals surface area contributed by atoms with Crippen LogP contribution in [0.3, 0.4) is 0 Å². The van der Waals surface area contributed by atoms with Crippen LogP contribution in [-0.2, 0) is 24.3 Å². The molecule has 1 atom stereocenters. The van der Waals surface area contributed by atoms with Crippen molar-refractivity contribution in [1.29, 1.82) is 0 Å². The average molecular weight is 360 g/mol. The summed E-state index contributed by atoms with van der Waals surface area (Å²) in [7, 11) is -3.23. The van der Waals surface area contributed by atoms with Gasteiger partial charge in [-0.05, 0) is 19.3 Å². The van der Waals surface area contributed by atoms with E-state index in [0.29, 0.717) is 58.7 Å². The summed E-state index contributed by atoms with van der Waals surface area (Å²) >= 11 is 0. The normalized spacial score (nSPS) is 28.4. The van der Waals surface area contributed by atoms with Crippen LogP contribution in [0.1, 0.15) is 39.0 Å². The molecular formula is C16H28N2O5S. The van der Waals surface area contributed by atoms with E-state index in [1.165, 1.54) is 4.31 Å². The summed E-state index contributed by atoms with van der Waals surface area (Å²) in [5.74, 6) is -0.460. The first-order valence-electron chi connectivity index (χ1n) is 9.00. The average Bonchev–Trinajstić information content (AvgIpc) is 3.03. The van der Waals surface area contributed by atoms with Crippen molar-refractivity contribution in [1.82, 2.24) is 9.21 Å². The predicted molar refractivity (Wildman–Crippen MR) is 88.8 cm³/mol. The lowest BCUT2D eigenvalue weighted by atomic mass is 9.96. The Morgan fingerprint density at radius 3 is 2.46 bits per heavy atom. The topological polar surface area (TPSA) is 76.2 Å². The Bertz CT molecular complexity index is 549. The van der Waals surface area contributed by atoms with Gasteiger partial charge in [0, 0.05) is 39.0 Å². The lowest BCUT2D eigenvalue weighted by Crippen LogP contribution is -2.52. The molecule has 0 aromatic rings. The molecule has 0 N–H and O–H groups in total. The molecule has 1 amide bonds. The Morgan fingerprint density at radius 1 is 1.17 bits per heavy atom. The highest BCUT2D eigenvalue weighted by atomic mass is 32.2. The molecule has 0 radical (unpaired) electrons. The molecule has 7 nitrogen and oxygen atoms in total. The molecular weight excluding hydrogens is 332 g/mol. The summed E-state index contributed by atoms with van der Waals surface area (Å²) in [4.78, 5) is 14.7. The van der Waals surface area contributed by atoms with Crippen LogP contribution in [0.25, 0.3) is 0 Å². The van der Waals surface area contributed by atoms with Crippen LogP contribution >= 0.6 is 0 Å². The smallest absolute Gasteiger partial charge is 0.227 e. The third kappa shape index (κ3) is 3.76. The largest absolute Gasteiger partial charge is 0.347 e. The minimum absolute atomic E-state index is 0.0826. The van der Waals surface area contributed by atoms with Gasteiger partial charge in [-0.2, -0.15) is 0 Å². The number of carbonyl (C=O) groups excluding carboxylic acids is 1. The van der Waals surface area contributed by atoms with Crippen molar-refractivity contribution in [3.05, 3.63) is 0 Å². The highest BCUT2D eigenvalue weighted by Gasteiger charge is 2.42. The zero-order chi connectivity index (χ0) is 17.2. The first kappa shape index (κ1) is 18.1. The summed E-state index contributed by atoms with van der Waals surface area (Å²) in [6, 6.07) is 0. The molecule has 3 aliphatic heterocycles. The van der Waals surface area contributed by atoms with Crippen LogP contribution in [0.4, 0.5) is 0 Å². The second kappa shape index (κ2) is 7.27. The van der Waals surface area contributed by atoms with E-state index in [2.05, 4.69) is 0 Å². The fourth-order valence-electron chi connectivity index (χ4n) is 3.90. The quantitative estimate of drug-likeness (QED) is 0.741. The second-order valence-electron chi connectivity index (χ2n) is 6.95. The van der Waals surface area contributed by atoms with E-state index >= 15 is 0 Å². The molecule has 0 unspecified atom stereocenters. The fourth-order valence-corrected chi connectivity index (χ4v) is 5.48. The third-order valence-corrected chi connectivity index (χ3v) is 7.28. The monoisotopic (exact) mass is 360 g/mol. The van der Waals surface area contributed by atoms with Gasteiger partial charge in [0.15, 0.2) is 5.79 Å².